The third kappa shape index (κ3) is 3.17. The minimum absolute atomic E-state index is 0.564. The molecule has 23 heavy (non-hydrogen) atoms. The summed E-state index contributed by atoms with van der Waals surface area (Å²) < 4.78 is 5.41. The maximum atomic E-state index is 11.3. The zero-order valence-electron chi connectivity index (χ0n) is 13.9. The number of carbonyl (C=O) groups is 1. The van der Waals surface area contributed by atoms with Crippen molar-refractivity contribution in [1.29, 1.82) is 0 Å². The molecule has 1 saturated heterocycles. The van der Waals surface area contributed by atoms with Crippen LogP contribution in [-0.2, 0) is 4.79 Å². The van der Waals surface area contributed by atoms with Crippen molar-refractivity contribution in [2.75, 3.05) is 37.6 Å². The minimum atomic E-state index is -0.752. The molecule has 0 spiro atoms. The highest BCUT2D eigenvalue weighted by molar-refractivity contribution is 5.89. The lowest BCUT2D eigenvalue weighted by atomic mass is 9.93. The van der Waals surface area contributed by atoms with Crippen molar-refractivity contribution in [3.8, 4) is 0 Å². The molecule has 1 N–H and O–H groups in total. The SMILES string of the molecule is Cc1ccc2onc(N3CCN(CC(C)(C)C(=O)O)CC3)c2c1. The number of carboxylic acids is 1. The van der Waals surface area contributed by atoms with E-state index in [9.17, 15) is 9.90 Å². The van der Waals surface area contributed by atoms with E-state index in [1.165, 1.54) is 5.56 Å². The van der Waals surface area contributed by atoms with Gasteiger partial charge in [0.15, 0.2) is 11.4 Å². The number of hydrogen-bond donors (Lipinski definition) is 1. The van der Waals surface area contributed by atoms with Gasteiger partial charge in [0, 0.05) is 32.7 Å². The molecule has 1 aromatic carbocycles. The second-order valence-electron chi connectivity index (χ2n) is 6.96. The summed E-state index contributed by atoms with van der Waals surface area (Å²) in [7, 11) is 0. The van der Waals surface area contributed by atoms with Crippen molar-refractivity contribution >= 4 is 22.8 Å². The van der Waals surface area contributed by atoms with Gasteiger partial charge in [-0.05, 0) is 32.9 Å². The van der Waals surface area contributed by atoms with Gasteiger partial charge in [0.1, 0.15) is 0 Å². The fourth-order valence-electron chi connectivity index (χ4n) is 3.01. The van der Waals surface area contributed by atoms with Crippen LogP contribution in [0.4, 0.5) is 5.82 Å². The maximum absolute atomic E-state index is 11.3. The van der Waals surface area contributed by atoms with Crippen LogP contribution in [0.5, 0.6) is 0 Å². The Morgan fingerprint density at radius 2 is 2.00 bits per heavy atom. The number of carboxylic acid groups (broad SMARTS) is 1. The molecule has 3 rings (SSSR count). The van der Waals surface area contributed by atoms with Crippen LogP contribution in [0, 0.1) is 12.3 Å². The quantitative estimate of drug-likeness (QED) is 0.933. The van der Waals surface area contributed by atoms with Crippen molar-refractivity contribution < 1.29 is 14.4 Å². The number of aromatic nitrogens is 1. The second kappa shape index (κ2) is 5.85. The van der Waals surface area contributed by atoms with Gasteiger partial charge in [0.2, 0.25) is 0 Å². The van der Waals surface area contributed by atoms with Gasteiger partial charge >= 0.3 is 5.97 Å². The van der Waals surface area contributed by atoms with E-state index < -0.39 is 11.4 Å². The summed E-state index contributed by atoms with van der Waals surface area (Å²) in [4.78, 5) is 15.7. The zero-order valence-corrected chi connectivity index (χ0v) is 13.9. The Labute approximate surface area is 135 Å². The molecule has 0 atom stereocenters. The normalized spacial score (nSPS) is 16.9. The molecular formula is C17H23N3O3. The van der Waals surface area contributed by atoms with Crippen molar-refractivity contribution in [1.82, 2.24) is 10.1 Å². The molecule has 0 saturated carbocycles. The second-order valence-corrected chi connectivity index (χ2v) is 6.96. The zero-order chi connectivity index (χ0) is 16.6. The van der Waals surface area contributed by atoms with Crippen LogP contribution in [0.2, 0.25) is 0 Å². The molecule has 0 unspecified atom stereocenters. The molecule has 6 heteroatoms. The van der Waals surface area contributed by atoms with Crippen molar-refractivity contribution in [2.24, 2.45) is 5.41 Å². The Morgan fingerprint density at radius 3 is 2.65 bits per heavy atom. The number of aryl methyl sites for hydroxylation is 1. The van der Waals surface area contributed by atoms with E-state index in [1.807, 2.05) is 12.1 Å². The number of aliphatic carboxylic acids is 1. The Bertz CT molecular complexity index is 715. The van der Waals surface area contributed by atoms with Gasteiger partial charge in [-0.15, -0.1) is 0 Å². The summed E-state index contributed by atoms with van der Waals surface area (Å²) in [6.07, 6.45) is 0. The summed E-state index contributed by atoms with van der Waals surface area (Å²) in [5.41, 5.74) is 1.27. The van der Waals surface area contributed by atoms with Crippen LogP contribution in [0.3, 0.4) is 0 Å². The number of fused-ring (bicyclic) bond motifs is 1. The molecule has 1 aliphatic heterocycles. The van der Waals surface area contributed by atoms with E-state index in [1.54, 1.807) is 13.8 Å². The van der Waals surface area contributed by atoms with Crippen LogP contribution in [0.25, 0.3) is 11.0 Å². The summed E-state index contributed by atoms with van der Waals surface area (Å²) in [6.45, 7) is 9.48. The van der Waals surface area contributed by atoms with Gasteiger partial charge in [-0.3, -0.25) is 9.69 Å². The molecular weight excluding hydrogens is 294 g/mol. The smallest absolute Gasteiger partial charge is 0.310 e. The number of nitrogens with zero attached hydrogens (tertiary/aromatic N) is 3. The van der Waals surface area contributed by atoms with E-state index in [0.29, 0.717) is 6.54 Å². The lowest BCUT2D eigenvalue weighted by Gasteiger charge is -2.37. The first-order valence-electron chi connectivity index (χ1n) is 7.93. The molecule has 0 radical (unpaired) electrons. The first-order chi connectivity index (χ1) is 10.9. The molecule has 2 heterocycles. The molecule has 1 aliphatic rings. The standard InChI is InChI=1S/C17H23N3O3/c1-12-4-5-14-13(10-12)15(18-23-14)20-8-6-19(7-9-20)11-17(2,3)16(21)22/h4-5,10H,6-9,11H2,1-3H3,(H,21,22). The first kappa shape index (κ1) is 15.8. The van der Waals surface area contributed by atoms with E-state index in [2.05, 4.69) is 27.9 Å². The fourth-order valence-corrected chi connectivity index (χ4v) is 3.01. The Balaban J connectivity index is 1.69. The predicted molar refractivity (Wildman–Crippen MR) is 88.8 cm³/mol. The van der Waals surface area contributed by atoms with Gasteiger partial charge in [-0.2, -0.15) is 0 Å². The van der Waals surface area contributed by atoms with Gasteiger partial charge in [-0.1, -0.05) is 16.8 Å². The summed E-state index contributed by atoms with van der Waals surface area (Å²) in [6, 6.07) is 6.07. The Hall–Kier alpha value is -2.08. The number of piperazine rings is 1. The van der Waals surface area contributed by atoms with Crippen molar-refractivity contribution in [3.63, 3.8) is 0 Å². The topological polar surface area (TPSA) is 69.8 Å². The fraction of sp³-hybridized carbons (Fsp3) is 0.529. The predicted octanol–water partition coefficient (Wildman–Crippen LogP) is 2.37. The van der Waals surface area contributed by atoms with Crippen LogP contribution in [0.1, 0.15) is 19.4 Å². The van der Waals surface area contributed by atoms with Gasteiger partial charge in [-0.25, -0.2) is 0 Å². The lowest BCUT2D eigenvalue weighted by molar-refractivity contribution is -0.148. The van der Waals surface area contributed by atoms with Crippen molar-refractivity contribution in [2.45, 2.75) is 20.8 Å². The highest BCUT2D eigenvalue weighted by Crippen LogP contribution is 2.28. The van der Waals surface area contributed by atoms with Gasteiger partial charge in [0.05, 0.1) is 10.8 Å². The highest BCUT2D eigenvalue weighted by Gasteiger charge is 2.31. The minimum Gasteiger partial charge on any atom is -0.481 e. The number of anilines is 1. The maximum Gasteiger partial charge on any atom is 0.310 e. The Kier molecular flexibility index (Phi) is 4.02. The van der Waals surface area contributed by atoms with Crippen LogP contribution in [-0.4, -0.2) is 53.9 Å². The van der Waals surface area contributed by atoms with Crippen LogP contribution >= 0.6 is 0 Å². The average molecular weight is 317 g/mol. The molecule has 124 valence electrons. The number of benzene rings is 1. The molecule has 0 bridgehead atoms. The van der Waals surface area contributed by atoms with Crippen LogP contribution < -0.4 is 4.90 Å². The summed E-state index contributed by atoms with van der Waals surface area (Å²) in [5.74, 6) is 0.138. The van der Waals surface area contributed by atoms with E-state index in [4.69, 9.17) is 4.52 Å². The third-order valence-corrected chi connectivity index (χ3v) is 4.48. The first-order valence-corrected chi connectivity index (χ1v) is 7.93. The largest absolute Gasteiger partial charge is 0.481 e. The Morgan fingerprint density at radius 1 is 1.30 bits per heavy atom. The molecule has 0 amide bonds. The monoisotopic (exact) mass is 317 g/mol. The highest BCUT2D eigenvalue weighted by atomic mass is 16.5. The molecule has 1 aromatic heterocycles. The molecule has 1 fully saturated rings. The van der Waals surface area contributed by atoms with Crippen molar-refractivity contribution in [3.05, 3.63) is 23.8 Å². The summed E-state index contributed by atoms with van der Waals surface area (Å²) in [5, 5.41) is 14.5. The average Bonchev–Trinajstić information content (AvgIpc) is 2.90. The summed E-state index contributed by atoms with van der Waals surface area (Å²) >= 11 is 0. The van der Waals surface area contributed by atoms with E-state index in [0.717, 1.165) is 43.0 Å². The molecule has 2 aromatic rings. The lowest BCUT2D eigenvalue weighted by Crippen LogP contribution is -2.50. The molecule has 0 aliphatic carbocycles. The number of hydrogen-bond acceptors (Lipinski definition) is 5. The third-order valence-electron chi connectivity index (χ3n) is 4.48. The molecule has 6 nitrogen and oxygen atoms in total. The van der Waals surface area contributed by atoms with Gasteiger partial charge in [0.25, 0.3) is 0 Å². The van der Waals surface area contributed by atoms with E-state index in [-0.39, 0.29) is 0 Å². The van der Waals surface area contributed by atoms with E-state index >= 15 is 0 Å². The number of rotatable bonds is 4. The van der Waals surface area contributed by atoms with Gasteiger partial charge < -0.3 is 14.5 Å². The van der Waals surface area contributed by atoms with Crippen LogP contribution in [0.15, 0.2) is 22.7 Å².